The number of nitrogens with one attached hydrogen (secondary N) is 2. The molecule has 0 saturated carbocycles. The van der Waals surface area contributed by atoms with Gasteiger partial charge in [-0.05, 0) is 18.9 Å². The number of methoxy groups -OCH3 is 1. The first kappa shape index (κ1) is 16.0. The molecule has 1 aromatic carbocycles. The highest BCUT2D eigenvalue weighted by molar-refractivity contribution is 5.79. The summed E-state index contributed by atoms with van der Waals surface area (Å²) in [7, 11) is 1.60. The second-order valence-corrected chi connectivity index (χ2v) is 5.56. The highest BCUT2D eigenvalue weighted by Crippen LogP contribution is 2.20. The van der Waals surface area contributed by atoms with Gasteiger partial charge in [0.05, 0.1) is 19.6 Å². The van der Waals surface area contributed by atoms with E-state index in [4.69, 9.17) is 4.74 Å². The van der Waals surface area contributed by atoms with Crippen molar-refractivity contribution in [2.75, 3.05) is 7.11 Å². The molecule has 6 heteroatoms. The molecule has 1 atom stereocenters. The van der Waals surface area contributed by atoms with E-state index in [-0.39, 0.29) is 24.3 Å². The number of aryl methyl sites for hydroxylation is 1. The van der Waals surface area contributed by atoms with E-state index < -0.39 is 0 Å². The van der Waals surface area contributed by atoms with Crippen LogP contribution in [0.4, 0.5) is 0 Å². The minimum atomic E-state index is -0.216. The number of amides is 1. The number of hydrogen-bond donors (Lipinski definition) is 2. The number of aromatic nitrogens is 3. The number of hydrogen-bond acceptors (Lipinski definition) is 4. The van der Waals surface area contributed by atoms with Gasteiger partial charge in [-0.15, -0.1) is 0 Å². The zero-order valence-corrected chi connectivity index (χ0v) is 13.4. The number of H-pyrrole nitrogens is 1. The van der Waals surface area contributed by atoms with Gasteiger partial charge in [0, 0.05) is 5.56 Å². The Morgan fingerprint density at radius 3 is 2.68 bits per heavy atom. The van der Waals surface area contributed by atoms with E-state index in [0.717, 1.165) is 11.4 Å². The molecule has 0 aliphatic heterocycles. The van der Waals surface area contributed by atoms with Crippen LogP contribution in [-0.4, -0.2) is 28.2 Å². The lowest BCUT2D eigenvalue weighted by Crippen LogP contribution is -2.33. The zero-order valence-electron chi connectivity index (χ0n) is 13.4. The van der Waals surface area contributed by atoms with Crippen molar-refractivity contribution >= 4 is 5.91 Å². The Balaban J connectivity index is 2.09. The summed E-state index contributed by atoms with van der Waals surface area (Å²) in [5.74, 6) is 2.18. The number of carbonyl (C=O) groups is 1. The van der Waals surface area contributed by atoms with Crippen molar-refractivity contribution in [3.05, 3.63) is 41.5 Å². The standard InChI is InChI=1S/C16H22N4O2/c1-10(2)15(16-17-11(3)19-20-16)18-14(21)9-12-7-5-6-8-13(12)22-4/h5-8,10,15H,9H2,1-4H3,(H,18,21)(H,17,19,20)/t15-/m1/s1. The van der Waals surface area contributed by atoms with Crippen LogP contribution in [-0.2, 0) is 11.2 Å². The van der Waals surface area contributed by atoms with Gasteiger partial charge >= 0.3 is 0 Å². The fourth-order valence-electron chi connectivity index (χ4n) is 2.27. The minimum absolute atomic E-state index is 0.0781. The number of ether oxygens (including phenoxy) is 1. The molecule has 0 aliphatic rings. The average Bonchev–Trinajstić information content (AvgIpc) is 2.91. The van der Waals surface area contributed by atoms with Crippen LogP contribution in [0, 0.1) is 12.8 Å². The Bertz CT molecular complexity index is 637. The van der Waals surface area contributed by atoms with Crippen molar-refractivity contribution in [2.45, 2.75) is 33.2 Å². The van der Waals surface area contributed by atoms with E-state index in [2.05, 4.69) is 20.5 Å². The van der Waals surface area contributed by atoms with Crippen LogP contribution in [0.3, 0.4) is 0 Å². The van der Waals surface area contributed by atoms with Gasteiger partial charge in [0.1, 0.15) is 11.6 Å². The number of benzene rings is 1. The number of rotatable bonds is 6. The summed E-state index contributed by atoms with van der Waals surface area (Å²) in [6.45, 7) is 5.89. The molecule has 0 spiro atoms. The van der Waals surface area contributed by atoms with Gasteiger partial charge in [0.15, 0.2) is 5.82 Å². The Hall–Kier alpha value is -2.37. The molecule has 1 amide bonds. The summed E-state index contributed by atoms with van der Waals surface area (Å²) >= 11 is 0. The van der Waals surface area contributed by atoms with E-state index in [9.17, 15) is 4.79 Å². The second kappa shape index (κ2) is 7.06. The summed E-state index contributed by atoms with van der Waals surface area (Å²) in [5.41, 5.74) is 0.858. The van der Waals surface area contributed by atoms with Crippen LogP contribution in [0.2, 0.25) is 0 Å². The molecule has 0 fully saturated rings. The minimum Gasteiger partial charge on any atom is -0.496 e. The van der Waals surface area contributed by atoms with Gasteiger partial charge in [-0.3, -0.25) is 9.89 Å². The third-order valence-electron chi connectivity index (χ3n) is 3.42. The van der Waals surface area contributed by atoms with Crippen molar-refractivity contribution in [2.24, 2.45) is 5.92 Å². The summed E-state index contributed by atoms with van der Waals surface area (Å²) in [5, 5.41) is 9.97. The van der Waals surface area contributed by atoms with Crippen LogP contribution in [0.25, 0.3) is 0 Å². The first-order chi connectivity index (χ1) is 10.5. The smallest absolute Gasteiger partial charge is 0.225 e. The summed E-state index contributed by atoms with van der Waals surface area (Å²) in [4.78, 5) is 16.7. The predicted octanol–water partition coefficient (Wildman–Crippen LogP) is 2.18. The largest absolute Gasteiger partial charge is 0.496 e. The van der Waals surface area contributed by atoms with Crippen molar-refractivity contribution in [1.29, 1.82) is 0 Å². The molecule has 0 aliphatic carbocycles. The van der Waals surface area contributed by atoms with Gasteiger partial charge in [-0.1, -0.05) is 32.0 Å². The van der Waals surface area contributed by atoms with Gasteiger partial charge in [-0.25, -0.2) is 4.98 Å². The topological polar surface area (TPSA) is 79.9 Å². The molecule has 2 N–H and O–H groups in total. The molecular weight excluding hydrogens is 280 g/mol. The lowest BCUT2D eigenvalue weighted by Gasteiger charge is -2.19. The molecule has 1 heterocycles. The number of aromatic amines is 1. The third kappa shape index (κ3) is 3.84. The van der Waals surface area contributed by atoms with Crippen LogP contribution < -0.4 is 10.1 Å². The SMILES string of the molecule is COc1ccccc1CC(=O)N[C@@H](c1n[nH]c(C)n1)C(C)C. The zero-order chi connectivity index (χ0) is 16.1. The van der Waals surface area contributed by atoms with Crippen LogP contribution in [0.15, 0.2) is 24.3 Å². The van der Waals surface area contributed by atoms with E-state index in [1.54, 1.807) is 7.11 Å². The van der Waals surface area contributed by atoms with Gasteiger partial charge in [0.2, 0.25) is 5.91 Å². The number of nitrogens with zero attached hydrogens (tertiary/aromatic N) is 2. The van der Waals surface area contributed by atoms with Gasteiger partial charge in [0.25, 0.3) is 0 Å². The molecular formula is C16H22N4O2. The van der Waals surface area contributed by atoms with Crippen molar-refractivity contribution in [3.63, 3.8) is 0 Å². The highest BCUT2D eigenvalue weighted by atomic mass is 16.5. The first-order valence-corrected chi connectivity index (χ1v) is 7.31. The maximum atomic E-state index is 12.3. The Labute approximate surface area is 130 Å². The second-order valence-electron chi connectivity index (χ2n) is 5.56. The Morgan fingerprint density at radius 1 is 1.36 bits per heavy atom. The number of para-hydroxylation sites is 1. The monoisotopic (exact) mass is 302 g/mol. The van der Waals surface area contributed by atoms with Crippen LogP contribution >= 0.6 is 0 Å². The third-order valence-corrected chi connectivity index (χ3v) is 3.42. The van der Waals surface area contributed by atoms with E-state index in [1.807, 2.05) is 45.0 Å². The lowest BCUT2D eigenvalue weighted by atomic mass is 10.0. The van der Waals surface area contributed by atoms with Gasteiger partial charge in [-0.2, -0.15) is 5.10 Å². The van der Waals surface area contributed by atoms with Crippen LogP contribution in [0.1, 0.15) is 37.1 Å². The molecule has 22 heavy (non-hydrogen) atoms. The Kier molecular flexibility index (Phi) is 5.14. The van der Waals surface area contributed by atoms with E-state index in [1.165, 1.54) is 0 Å². The summed E-state index contributed by atoms with van der Waals surface area (Å²) in [6.07, 6.45) is 0.261. The van der Waals surface area contributed by atoms with Crippen LogP contribution in [0.5, 0.6) is 5.75 Å². The fourth-order valence-corrected chi connectivity index (χ4v) is 2.27. The molecule has 0 bridgehead atoms. The normalized spacial score (nSPS) is 12.2. The Morgan fingerprint density at radius 2 is 2.09 bits per heavy atom. The van der Waals surface area contributed by atoms with Crippen molar-refractivity contribution in [3.8, 4) is 5.75 Å². The van der Waals surface area contributed by atoms with Crippen molar-refractivity contribution in [1.82, 2.24) is 20.5 Å². The lowest BCUT2D eigenvalue weighted by molar-refractivity contribution is -0.121. The average molecular weight is 302 g/mol. The molecule has 6 nitrogen and oxygen atoms in total. The molecule has 118 valence electrons. The summed E-state index contributed by atoms with van der Waals surface area (Å²) < 4.78 is 5.28. The molecule has 1 aromatic heterocycles. The maximum Gasteiger partial charge on any atom is 0.225 e. The van der Waals surface area contributed by atoms with E-state index >= 15 is 0 Å². The molecule has 0 unspecified atom stereocenters. The fraction of sp³-hybridized carbons (Fsp3) is 0.438. The summed E-state index contributed by atoms with van der Waals surface area (Å²) in [6, 6.07) is 7.30. The highest BCUT2D eigenvalue weighted by Gasteiger charge is 2.22. The van der Waals surface area contributed by atoms with Crippen molar-refractivity contribution < 1.29 is 9.53 Å². The quantitative estimate of drug-likeness (QED) is 0.857. The molecule has 0 radical (unpaired) electrons. The van der Waals surface area contributed by atoms with Gasteiger partial charge < -0.3 is 10.1 Å². The molecule has 2 rings (SSSR count). The maximum absolute atomic E-state index is 12.3. The van der Waals surface area contributed by atoms with E-state index in [0.29, 0.717) is 11.6 Å². The molecule has 0 saturated heterocycles. The predicted molar refractivity (Wildman–Crippen MR) is 83.5 cm³/mol. The molecule has 2 aromatic rings. The number of carbonyl (C=O) groups excluding carboxylic acids is 1. The first-order valence-electron chi connectivity index (χ1n) is 7.31.